The maximum atomic E-state index is 13.0. The van der Waals surface area contributed by atoms with Gasteiger partial charge in [0.2, 0.25) is 0 Å². The third kappa shape index (κ3) is 3.69. The number of carbonyl (C=O) groups is 1. The van der Waals surface area contributed by atoms with Gasteiger partial charge < -0.3 is 14.8 Å². The number of carbonyl (C=O) groups excluding carboxylic acids is 1. The van der Waals surface area contributed by atoms with Crippen LogP contribution in [0.25, 0.3) is 11.0 Å². The highest BCUT2D eigenvalue weighted by Crippen LogP contribution is 2.31. The van der Waals surface area contributed by atoms with Crippen molar-refractivity contribution in [2.24, 2.45) is 0 Å². The average Bonchev–Trinajstić information content (AvgIpc) is 3.21. The second kappa shape index (κ2) is 8.24. The van der Waals surface area contributed by atoms with Crippen molar-refractivity contribution < 1.29 is 14.3 Å². The van der Waals surface area contributed by atoms with Gasteiger partial charge in [-0.1, -0.05) is 41.1 Å². The number of benzene rings is 3. The fourth-order valence-electron chi connectivity index (χ4n) is 3.30. The summed E-state index contributed by atoms with van der Waals surface area (Å²) >= 11 is 0. The molecule has 0 radical (unpaired) electrons. The first-order chi connectivity index (χ1) is 14.6. The van der Waals surface area contributed by atoms with Gasteiger partial charge in [-0.05, 0) is 43.3 Å². The Morgan fingerprint density at radius 2 is 1.70 bits per heavy atom. The molecule has 4 aromatic rings. The lowest BCUT2D eigenvalue weighted by Gasteiger charge is -2.21. The van der Waals surface area contributed by atoms with Crippen molar-refractivity contribution in [2.75, 3.05) is 14.2 Å². The van der Waals surface area contributed by atoms with Crippen LogP contribution in [0.2, 0.25) is 0 Å². The van der Waals surface area contributed by atoms with E-state index in [4.69, 9.17) is 9.47 Å². The minimum atomic E-state index is -0.592. The Kier molecular flexibility index (Phi) is 5.34. The minimum absolute atomic E-state index is 0.214. The van der Waals surface area contributed by atoms with E-state index in [1.807, 2.05) is 55.5 Å². The smallest absolute Gasteiger partial charge is 0.253 e. The largest absolute Gasteiger partial charge is 0.493 e. The molecule has 0 aliphatic rings. The van der Waals surface area contributed by atoms with Crippen LogP contribution >= 0.6 is 0 Å². The van der Waals surface area contributed by atoms with Gasteiger partial charge in [0.25, 0.3) is 5.91 Å². The van der Waals surface area contributed by atoms with Gasteiger partial charge >= 0.3 is 0 Å². The number of rotatable bonds is 6. The van der Waals surface area contributed by atoms with Crippen LogP contribution in [0.1, 0.15) is 27.7 Å². The molecule has 7 heteroatoms. The van der Waals surface area contributed by atoms with E-state index in [9.17, 15) is 4.79 Å². The van der Waals surface area contributed by atoms with Gasteiger partial charge in [-0.15, -0.1) is 5.10 Å². The summed E-state index contributed by atoms with van der Waals surface area (Å²) in [6, 6.07) is 20.5. The van der Waals surface area contributed by atoms with Crippen LogP contribution in [0.5, 0.6) is 11.5 Å². The van der Waals surface area contributed by atoms with E-state index < -0.39 is 6.17 Å². The van der Waals surface area contributed by atoms with E-state index >= 15 is 0 Å². The number of nitrogens with one attached hydrogen (secondary N) is 1. The molecule has 0 aliphatic carbocycles. The molecule has 0 unspecified atom stereocenters. The summed E-state index contributed by atoms with van der Waals surface area (Å²) in [5.74, 6) is 0.955. The highest BCUT2D eigenvalue weighted by molar-refractivity contribution is 5.94. The predicted molar refractivity (Wildman–Crippen MR) is 114 cm³/mol. The zero-order valence-electron chi connectivity index (χ0n) is 17.0. The molecular weight excluding hydrogens is 380 g/mol. The number of aryl methyl sites for hydroxylation is 1. The summed E-state index contributed by atoms with van der Waals surface area (Å²) in [5, 5.41) is 11.6. The quantitative estimate of drug-likeness (QED) is 0.532. The summed E-state index contributed by atoms with van der Waals surface area (Å²) in [6.45, 7) is 1.98. The zero-order chi connectivity index (χ0) is 21.1. The van der Waals surface area contributed by atoms with Gasteiger partial charge in [-0.3, -0.25) is 4.79 Å². The van der Waals surface area contributed by atoms with E-state index in [1.54, 1.807) is 37.1 Å². The number of aromatic nitrogens is 3. The number of methoxy groups -OCH3 is 2. The number of amides is 1. The molecule has 30 heavy (non-hydrogen) atoms. The van der Waals surface area contributed by atoms with Gasteiger partial charge in [0.1, 0.15) is 5.52 Å². The summed E-state index contributed by atoms with van der Waals surface area (Å²) in [5.41, 5.74) is 3.98. The molecule has 1 heterocycles. The topological polar surface area (TPSA) is 78.3 Å². The minimum Gasteiger partial charge on any atom is -0.493 e. The van der Waals surface area contributed by atoms with E-state index in [2.05, 4.69) is 15.6 Å². The molecule has 1 N–H and O–H groups in total. The molecule has 1 amide bonds. The van der Waals surface area contributed by atoms with Crippen LogP contribution < -0.4 is 14.8 Å². The van der Waals surface area contributed by atoms with E-state index in [-0.39, 0.29) is 5.91 Å². The standard InChI is InChI=1S/C23H22N4O3/c1-15-8-10-16(11-9-15)23(28)24-22(17-12-13-20(29-2)21(14-17)30-3)27-19-7-5-4-6-18(19)25-26-27/h4-14,22H,1-3H3,(H,24,28)/t22-/m0/s1. The van der Waals surface area contributed by atoms with E-state index in [0.29, 0.717) is 17.1 Å². The number of hydrogen-bond acceptors (Lipinski definition) is 5. The average molecular weight is 402 g/mol. The lowest BCUT2D eigenvalue weighted by atomic mass is 10.1. The molecule has 0 aliphatic heterocycles. The number of hydrogen-bond donors (Lipinski definition) is 1. The van der Waals surface area contributed by atoms with Crippen molar-refractivity contribution in [1.82, 2.24) is 20.3 Å². The maximum absolute atomic E-state index is 13.0. The van der Waals surface area contributed by atoms with Crippen molar-refractivity contribution in [2.45, 2.75) is 13.1 Å². The zero-order valence-corrected chi connectivity index (χ0v) is 17.0. The fraction of sp³-hybridized carbons (Fsp3) is 0.174. The van der Waals surface area contributed by atoms with E-state index in [0.717, 1.165) is 22.2 Å². The van der Waals surface area contributed by atoms with Crippen LogP contribution in [0.15, 0.2) is 66.7 Å². The van der Waals surface area contributed by atoms with Crippen LogP contribution in [0.3, 0.4) is 0 Å². The highest BCUT2D eigenvalue weighted by atomic mass is 16.5. The number of para-hydroxylation sites is 1. The van der Waals surface area contributed by atoms with Gasteiger partial charge in [0.15, 0.2) is 17.7 Å². The summed E-state index contributed by atoms with van der Waals surface area (Å²) < 4.78 is 12.5. The van der Waals surface area contributed by atoms with Crippen molar-refractivity contribution >= 4 is 16.9 Å². The molecule has 3 aromatic carbocycles. The van der Waals surface area contributed by atoms with Crippen LogP contribution in [0.4, 0.5) is 0 Å². The number of ether oxygens (including phenoxy) is 2. The van der Waals surface area contributed by atoms with Crippen molar-refractivity contribution in [3.63, 3.8) is 0 Å². The molecule has 1 atom stereocenters. The van der Waals surface area contributed by atoms with E-state index in [1.165, 1.54) is 0 Å². The molecule has 4 rings (SSSR count). The third-order valence-electron chi connectivity index (χ3n) is 4.93. The van der Waals surface area contributed by atoms with Crippen molar-refractivity contribution in [1.29, 1.82) is 0 Å². The van der Waals surface area contributed by atoms with Crippen molar-refractivity contribution in [3.05, 3.63) is 83.4 Å². The Balaban J connectivity index is 1.79. The first kappa shape index (κ1) is 19.4. The molecule has 0 spiro atoms. The molecule has 0 fully saturated rings. The van der Waals surface area contributed by atoms with Gasteiger partial charge in [0.05, 0.1) is 19.7 Å². The predicted octanol–water partition coefficient (Wildman–Crippen LogP) is 3.73. The molecule has 152 valence electrons. The number of fused-ring (bicyclic) bond motifs is 1. The first-order valence-corrected chi connectivity index (χ1v) is 9.50. The lowest BCUT2D eigenvalue weighted by Crippen LogP contribution is -2.34. The van der Waals surface area contributed by atoms with Gasteiger partial charge in [-0.25, -0.2) is 4.68 Å². The highest BCUT2D eigenvalue weighted by Gasteiger charge is 2.22. The first-order valence-electron chi connectivity index (χ1n) is 9.50. The number of nitrogens with zero attached hydrogens (tertiary/aromatic N) is 3. The van der Waals surface area contributed by atoms with Gasteiger partial charge in [-0.2, -0.15) is 0 Å². The second-order valence-corrected chi connectivity index (χ2v) is 6.88. The monoisotopic (exact) mass is 402 g/mol. The fourth-order valence-corrected chi connectivity index (χ4v) is 3.30. The molecule has 0 bridgehead atoms. The van der Waals surface area contributed by atoms with Gasteiger partial charge in [0, 0.05) is 11.1 Å². The normalized spacial score (nSPS) is 11.8. The summed E-state index contributed by atoms with van der Waals surface area (Å²) in [6.07, 6.45) is -0.592. The summed E-state index contributed by atoms with van der Waals surface area (Å²) in [4.78, 5) is 13.0. The summed E-state index contributed by atoms with van der Waals surface area (Å²) in [7, 11) is 3.16. The van der Waals surface area contributed by atoms with Crippen LogP contribution in [-0.4, -0.2) is 35.1 Å². The Hall–Kier alpha value is -3.87. The Morgan fingerprint density at radius 3 is 2.43 bits per heavy atom. The molecule has 7 nitrogen and oxygen atoms in total. The lowest BCUT2D eigenvalue weighted by molar-refractivity contribution is 0.0927. The molecule has 0 saturated carbocycles. The van der Waals surface area contributed by atoms with Crippen molar-refractivity contribution in [3.8, 4) is 11.5 Å². The molecule has 1 aromatic heterocycles. The van der Waals surface area contributed by atoms with Crippen LogP contribution in [0, 0.1) is 6.92 Å². The Morgan fingerprint density at radius 1 is 0.967 bits per heavy atom. The molecular formula is C23H22N4O3. The maximum Gasteiger partial charge on any atom is 0.253 e. The molecule has 0 saturated heterocycles. The third-order valence-corrected chi connectivity index (χ3v) is 4.93. The van der Waals surface area contributed by atoms with Crippen LogP contribution in [-0.2, 0) is 0 Å². The second-order valence-electron chi connectivity index (χ2n) is 6.88. The Bertz CT molecular complexity index is 1180. The SMILES string of the molecule is COc1ccc([C@@H](NC(=O)c2ccc(C)cc2)n2nnc3ccccc32)cc1OC. The Labute approximate surface area is 174 Å².